The Kier molecular flexibility index (Phi) is 6.85. The van der Waals surface area contributed by atoms with Gasteiger partial charge in [-0.1, -0.05) is 24.3 Å². The number of hydrogen-bond acceptors (Lipinski definition) is 5. The quantitative estimate of drug-likeness (QED) is 0.486. The second-order valence-electron chi connectivity index (χ2n) is 5.71. The predicted molar refractivity (Wildman–Crippen MR) is 102 cm³/mol. The van der Waals surface area contributed by atoms with Crippen molar-refractivity contribution in [3.63, 3.8) is 0 Å². The average molecular weight is 368 g/mol. The molecule has 1 atom stereocenters. The Morgan fingerprint density at radius 2 is 1.81 bits per heavy atom. The van der Waals surface area contributed by atoms with Crippen molar-refractivity contribution in [1.29, 1.82) is 0 Å². The summed E-state index contributed by atoms with van der Waals surface area (Å²) >= 11 is 0. The van der Waals surface area contributed by atoms with Crippen LogP contribution >= 0.6 is 0 Å². The van der Waals surface area contributed by atoms with Gasteiger partial charge in [0.15, 0.2) is 5.78 Å². The highest BCUT2D eigenvalue weighted by atomic mass is 16.5. The molecule has 1 unspecified atom stereocenters. The molecule has 0 bridgehead atoms. The lowest BCUT2D eigenvalue weighted by Crippen LogP contribution is -2.32. The number of anilines is 1. The molecule has 4 N–H and O–H groups in total. The van der Waals surface area contributed by atoms with Gasteiger partial charge in [0, 0.05) is 18.1 Å². The number of rotatable bonds is 8. The molecule has 140 valence electrons. The van der Waals surface area contributed by atoms with Crippen LogP contribution in [0.15, 0.2) is 54.6 Å². The molecule has 0 spiro atoms. The SMILES string of the molecule is COc1ccc(/C=C/C(=O)Nc2ccccc2C(=O)CC(N)C(=O)O)cc1. The monoisotopic (exact) mass is 368 g/mol. The van der Waals surface area contributed by atoms with E-state index in [-0.39, 0.29) is 12.0 Å². The fraction of sp³-hybridized carbons (Fsp3) is 0.150. The van der Waals surface area contributed by atoms with Crippen molar-refractivity contribution in [3.8, 4) is 5.75 Å². The second-order valence-corrected chi connectivity index (χ2v) is 5.71. The number of ether oxygens (including phenoxy) is 1. The van der Waals surface area contributed by atoms with E-state index < -0.39 is 23.7 Å². The Hall–Kier alpha value is -3.45. The van der Waals surface area contributed by atoms with E-state index in [9.17, 15) is 14.4 Å². The Morgan fingerprint density at radius 1 is 1.15 bits per heavy atom. The maximum absolute atomic E-state index is 12.3. The van der Waals surface area contributed by atoms with Gasteiger partial charge < -0.3 is 20.9 Å². The molecule has 7 heteroatoms. The van der Waals surface area contributed by atoms with Crippen LogP contribution in [0.5, 0.6) is 5.75 Å². The van der Waals surface area contributed by atoms with Crippen LogP contribution in [0.1, 0.15) is 22.3 Å². The Labute approximate surface area is 156 Å². The number of para-hydroxylation sites is 1. The normalized spacial score (nSPS) is 11.8. The number of Topliss-reactive ketones (excluding diaryl/α,β-unsaturated/α-hetero) is 1. The number of amides is 1. The zero-order valence-electron chi connectivity index (χ0n) is 14.7. The largest absolute Gasteiger partial charge is 0.497 e. The van der Waals surface area contributed by atoms with Crippen LogP contribution in [0.3, 0.4) is 0 Å². The smallest absolute Gasteiger partial charge is 0.320 e. The number of hydrogen-bond donors (Lipinski definition) is 3. The third-order valence-electron chi connectivity index (χ3n) is 3.75. The first-order valence-corrected chi connectivity index (χ1v) is 8.14. The van der Waals surface area contributed by atoms with Crippen molar-refractivity contribution in [2.24, 2.45) is 5.73 Å². The van der Waals surface area contributed by atoms with Gasteiger partial charge in [-0.2, -0.15) is 0 Å². The molecule has 0 saturated heterocycles. The lowest BCUT2D eigenvalue weighted by atomic mass is 10.0. The van der Waals surface area contributed by atoms with Gasteiger partial charge in [0.25, 0.3) is 0 Å². The summed E-state index contributed by atoms with van der Waals surface area (Å²) in [5, 5.41) is 11.5. The number of nitrogens with two attached hydrogens (primary N) is 1. The zero-order valence-corrected chi connectivity index (χ0v) is 14.7. The van der Waals surface area contributed by atoms with Crippen LogP contribution < -0.4 is 15.8 Å². The predicted octanol–water partition coefficient (Wildman–Crippen LogP) is 2.33. The van der Waals surface area contributed by atoms with Crippen LogP contribution in [-0.4, -0.2) is 35.9 Å². The molecule has 27 heavy (non-hydrogen) atoms. The molecule has 0 aliphatic rings. The highest BCUT2D eigenvalue weighted by Gasteiger charge is 2.19. The van der Waals surface area contributed by atoms with E-state index in [2.05, 4.69) is 5.32 Å². The highest BCUT2D eigenvalue weighted by Crippen LogP contribution is 2.18. The third kappa shape index (κ3) is 5.79. The van der Waals surface area contributed by atoms with Crippen LogP contribution in [0, 0.1) is 0 Å². The molecule has 0 saturated carbocycles. The molecular weight excluding hydrogens is 348 g/mol. The minimum absolute atomic E-state index is 0.209. The minimum Gasteiger partial charge on any atom is -0.497 e. The first-order valence-electron chi connectivity index (χ1n) is 8.14. The van der Waals surface area contributed by atoms with Crippen molar-refractivity contribution in [1.82, 2.24) is 0 Å². The van der Waals surface area contributed by atoms with Gasteiger partial charge in [-0.3, -0.25) is 14.4 Å². The van der Waals surface area contributed by atoms with Gasteiger partial charge in [0.2, 0.25) is 5.91 Å². The van der Waals surface area contributed by atoms with Gasteiger partial charge in [-0.25, -0.2) is 0 Å². The number of carboxylic acids is 1. The summed E-state index contributed by atoms with van der Waals surface area (Å²) in [6.45, 7) is 0. The lowest BCUT2D eigenvalue weighted by Gasteiger charge is -2.10. The maximum Gasteiger partial charge on any atom is 0.320 e. The summed E-state index contributed by atoms with van der Waals surface area (Å²) < 4.78 is 5.07. The summed E-state index contributed by atoms with van der Waals surface area (Å²) in [6.07, 6.45) is 2.61. The zero-order chi connectivity index (χ0) is 19.8. The van der Waals surface area contributed by atoms with Crippen molar-refractivity contribution < 1.29 is 24.2 Å². The number of aliphatic carboxylic acids is 1. The van der Waals surface area contributed by atoms with E-state index in [0.29, 0.717) is 11.4 Å². The van der Waals surface area contributed by atoms with Crippen molar-refractivity contribution in [2.45, 2.75) is 12.5 Å². The third-order valence-corrected chi connectivity index (χ3v) is 3.75. The molecule has 2 rings (SSSR count). The lowest BCUT2D eigenvalue weighted by molar-refractivity contribution is -0.138. The van der Waals surface area contributed by atoms with Gasteiger partial charge in [0.05, 0.1) is 12.8 Å². The molecule has 0 aliphatic carbocycles. The minimum atomic E-state index is -1.30. The number of carboxylic acid groups (broad SMARTS) is 1. The van der Waals surface area contributed by atoms with Crippen molar-refractivity contribution >= 4 is 29.4 Å². The summed E-state index contributed by atoms with van der Waals surface area (Å²) in [5.74, 6) is -1.43. The molecular formula is C20H20N2O5. The average Bonchev–Trinajstić information content (AvgIpc) is 2.67. The van der Waals surface area contributed by atoms with Crippen LogP contribution in [0.25, 0.3) is 6.08 Å². The molecule has 0 radical (unpaired) electrons. The second kappa shape index (κ2) is 9.30. The number of carbonyl (C=O) groups excluding carboxylic acids is 2. The maximum atomic E-state index is 12.3. The van der Waals surface area contributed by atoms with E-state index in [1.54, 1.807) is 55.7 Å². The topological polar surface area (TPSA) is 119 Å². The summed E-state index contributed by atoms with van der Waals surface area (Å²) in [6, 6.07) is 12.2. The number of benzene rings is 2. The summed E-state index contributed by atoms with van der Waals surface area (Å²) in [7, 11) is 1.57. The van der Waals surface area contributed by atoms with Crippen molar-refractivity contribution in [2.75, 3.05) is 12.4 Å². The fourth-order valence-electron chi connectivity index (χ4n) is 2.29. The Morgan fingerprint density at radius 3 is 2.44 bits per heavy atom. The number of nitrogens with one attached hydrogen (secondary N) is 1. The van der Waals surface area contributed by atoms with Gasteiger partial charge in [-0.05, 0) is 35.9 Å². The molecule has 0 aliphatic heterocycles. The molecule has 2 aromatic rings. The number of methoxy groups -OCH3 is 1. The van der Waals surface area contributed by atoms with Crippen LogP contribution in [0.4, 0.5) is 5.69 Å². The molecule has 2 aromatic carbocycles. The van der Waals surface area contributed by atoms with E-state index in [0.717, 1.165) is 5.56 Å². The standard InChI is InChI=1S/C20H20N2O5/c1-27-14-9-6-13(7-10-14)8-11-19(24)22-17-5-3-2-4-15(17)18(23)12-16(21)20(25)26/h2-11,16H,12,21H2,1H3,(H,22,24)(H,25,26)/b11-8+. The molecule has 0 aromatic heterocycles. The number of ketones is 1. The van der Waals surface area contributed by atoms with E-state index in [4.69, 9.17) is 15.6 Å². The Bertz CT molecular complexity index is 859. The summed E-state index contributed by atoms with van der Waals surface area (Å²) in [5.41, 5.74) is 6.72. The van der Waals surface area contributed by atoms with E-state index in [1.807, 2.05) is 0 Å². The Balaban J connectivity index is 2.07. The van der Waals surface area contributed by atoms with Gasteiger partial charge >= 0.3 is 5.97 Å². The van der Waals surface area contributed by atoms with Gasteiger partial charge in [0.1, 0.15) is 11.8 Å². The molecule has 0 fully saturated rings. The summed E-state index contributed by atoms with van der Waals surface area (Å²) in [4.78, 5) is 35.3. The molecule has 0 heterocycles. The van der Waals surface area contributed by atoms with Gasteiger partial charge in [-0.15, -0.1) is 0 Å². The first kappa shape index (κ1) is 19.9. The van der Waals surface area contributed by atoms with E-state index in [1.165, 1.54) is 12.1 Å². The highest BCUT2D eigenvalue weighted by molar-refractivity contribution is 6.09. The molecule has 1 amide bonds. The first-order chi connectivity index (χ1) is 12.9. The molecule has 7 nitrogen and oxygen atoms in total. The fourth-order valence-corrected chi connectivity index (χ4v) is 2.29. The van der Waals surface area contributed by atoms with Crippen LogP contribution in [0.2, 0.25) is 0 Å². The van der Waals surface area contributed by atoms with E-state index >= 15 is 0 Å². The number of carbonyl (C=O) groups is 3. The van der Waals surface area contributed by atoms with Crippen LogP contribution in [-0.2, 0) is 9.59 Å². The van der Waals surface area contributed by atoms with Crippen molar-refractivity contribution in [3.05, 3.63) is 65.7 Å².